The van der Waals surface area contributed by atoms with Gasteiger partial charge in [0, 0.05) is 46.8 Å². The van der Waals surface area contributed by atoms with Crippen LogP contribution >= 0.6 is 11.8 Å². The maximum absolute atomic E-state index is 12.6. The van der Waals surface area contributed by atoms with Crippen molar-refractivity contribution < 1.29 is 24.2 Å². The molecule has 250 valence electrons. The van der Waals surface area contributed by atoms with Crippen LogP contribution in [0.25, 0.3) is 11.1 Å². The average molecular weight is 673 g/mol. The number of amides is 2. The van der Waals surface area contributed by atoms with Gasteiger partial charge in [-0.3, -0.25) is 9.59 Å². The predicted octanol–water partition coefficient (Wildman–Crippen LogP) is 8.32. The minimum Gasteiger partial charge on any atom is -0.392 e. The number of hydrogen-bond acceptors (Lipinski definition) is 6. The predicted molar refractivity (Wildman–Crippen MR) is 194 cm³/mol. The van der Waals surface area contributed by atoms with Crippen molar-refractivity contribution in [1.82, 2.24) is 5.32 Å². The summed E-state index contributed by atoms with van der Waals surface area (Å²) in [5.41, 5.74) is 7.25. The van der Waals surface area contributed by atoms with Crippen LogP contribution in [0, 0.1) is 5.92 Å². The van der Waals surface area contributed by atoms with Crippen LogP contribution in [0.5, 0.6) is 0 Å². The largest absolute Gasteiger partial charge is 0.392 e. The third-order valence-corrected chi connectivity index (χ3v) is 9.72. The van der Waals surface area contributed by atoms with Crippen LogP contribution in [0.2, 0.25) is 0 Å². The Morgan fingerprint density at radius 1 is 0.755 bits per heavy atom. The van der Waals surface area contributed by atoms with Gasteiger partial charge in [0.25, 0.3) is 5.91 Å². The molecule has 1 heterocycles. The summed E-state index contributed by atoms with van der Waals surface area (Å²) in [4.78, 5) is 25.1. The summed E-state index contributed by atoms with van der Waals surface area (Å²) < 4.78 is 13.4. The number of nitrogens with one attached hydrogen (secondary N) is 2. The lowest BCUT2D eigenvalue weighted by Crippen LogP contribution is -2.38. The lowest BCUT2D eigenvalue weighted by atomic mass is 9.91. The summed E-state index contributed by atoms with van der Waals surface area (Å²) in [6.45, 7) is 4.06. The van der Waals surface area contributed by atoms with E-state index in [0.717, 1.165) is 44.0 Å². The van der Waals surface area contributed by atoms with Gasteiger partial charge in [-0.2, -0.15) is 0 Å². The number of aliphatic hydroxyl groups is 1. The van der Waals surface area contributed by atoms with Gasteiger partial charge in [-0.1, -0.05) is 85.8 Å². The van der Waals surface area contributed by atoms with Gasteiger partial charge in [-0.25, -0.2) is 0 Å². The third-order valence-electron chi connectivity index (χ3n) is 8.62. The zero-order valence-electron chi connectivity index (χ0n) is 27.5. The highest BCUT2D eigenvalue weighted by molar-refractivity contribution is 7.99. The molecule has 7 nitrogen and oxygen atoms in total. The normalized spacial score (nSPS) is 18.8. The summed E-state index contributed by atoms with van der Waals surface area (Å²) in [5.74, 6) is 0.554. The first-order valence-corrected chi connectivity index (χ1v) is 17.4. The molecule has 0 aliphatic carbocycles. The van der Waals surface area contributed by atoms with Gasteiger partial charge in [0.1, 0.15) is 0 Å². The number of carbonyl (C=O) groups is 2. The number of benzene rings is 5. The molecule has 5 aromatic carbocycles. The SMILES string of the molecule is CC(=O)Nc1ccc(SC[C@H]2O[C@@H](c3cccc(-c4cccc(CNC(=O)c5ccccc5)c4)c3)O[C@@H](c3ccc(CO)cc3)[C@H]2C)cc1. The molecule has 8 heteroatoms. The van der Waals surface area contributed by atoms with E-state index in [9.17, 15) is 14.7 Å². The summed E-state index contributed by atoms with van der Waals surface area (Å²) in [6.07, 6.45) is -0.944. The van der Waals surface area contributed by atoms with Crippen molar-refractivity contribution in [3.05, 3.63) is 155 Å². The smallest absolute Gasteiger partial charge is 0.251 e. The average Bonchev–Trinajstić information content (AvgIpc) is 3.14. The van der Waals surface area contributed by atoms with E-state index in [-0.39, 0.29) is 36.5 Å². The van der Waals surface area contributed by atoms with Gasteiger partial charge in [-0.15, -0.1) is 11.8 Å². The van der Waals surface area contributed by atoms with Crippen LogP contribution in [0.3, 0.4) is 0 Å². The monoisotopic (exact) mass is 672 g/mol. The van der Waals surface area contributed by atoms with Gasteiger partial charge >= 0.3 is 0 Å². The van der Waals surface area contributed by atoms with Crippen molar-refractivity contribution in [3.63, 3.8) is 0 Å². The van der Waals surface area contributed by atoms with E-state index in [0.29, 0.717) is 17.9 Å². The second-order valence-electron chi connectivity index (χ2n) is 12.2. The van der Waals surface area contributed by atoms with Crippen molar-refractivity contribution >= 4 is 29.3 Å². The standard InChI is InChI=1S/C41H40N2O5S/c1-27-38(26-49-37-20-18-36(19-21-37)43-28(2)45)47-41(48-39(27)31-16-14-29(25-44)15-17-31)35-13-7-12-34(23-35)33-11-6-8-30(22-33)24-42-40(46)32-9-4-3-5-10-32/h3-23,27,38-39,41,44H,24-26H2,1-2H3,(H,42,46)(H,43,45)/t27-,38+,39+,41+/m0/s1. The van der Waals surface area contributed by atoms with Gasteiger partial charge in [0.15, 0.2) is 6.29 Å². The molecule has 3 N–H and O–H groups in total. The van der Waals surface area contributed by atoms with E-state index in [1.54, 1.807) is 23.9 Å². The fourth-order valence-corrected chi connectivity index (χ4v) is 6.99. The van der Waals surface area contributed by atoms with Crippen molar-refractivity contribution in [2.75, 3.05) is 11.1 Å². The lowest BCUT2D eigenvalue weighted by molar-refractivity contribution is -0.268. The van der Waals surface area contributed by atoms with E-state index in [4.69, 9.17) is 9.47 Å². The number of thioether (sulfide) groups is 1. The number of anilines is 1. The molecule has 5 aromatic rings. The first-order chi connectivity index (χ1) is 23.9. The van der Waals surface area contributed by atoms with Crippen LogP contribution in [0.4, 0.5) is 5.69 Å². The number of rotatable bonds is 11. The van der Waals surface area contributed by atoms with Gasteiger partial charge in [0.05, 0.1) is 18.8 Å². The quantitative estimate of drug-likeness (QED) is 0.122. The highest BCUT2D eigenvalue weighted by atomic mass is 32.2. The molecule has 1 aliphatic rings. The molecule has 1 saturated heterocycles. The fourth-order valence-electron chi connectivity index (χ4n) is 5.93. The first-order valence-electron chi connectivity index (χ1n) is 16.4. The molecule has 4 atom stereocenters. The molecular weight excluding hydrogens is 633 g/mol. The third kappa shape index (κ3) is 8.85. The number of carbonyl (C=O) groups excluding carboxylic acids is 2. The molecule has 0 bridgehead atoms. The first kappa shape index (κ1) is 34.1. The Morgan fingerprint density at radius 3 is 2.18 bits per heavy atom. The Kier molecular flexibility index (Phi) is 11.2. The van der Waals surface area contributed by atoms with E-state index in [1.807, 2.05) is 91.0 Å². The zero-order chi connectivity index (χ0) is 34.2. The van der Waals surface area contributed by atoms with Crippen LogP contribution < -0.4 is 10.6 Å². The minimum absolute atomic E-state index is 0.0134. The summed E-state index contributed by atoms with van der Waals surface area (Å²) in [7, 11) is 0. The second-order valence-corrected chi connectivity index (χ2v) is 13.3. The van der Waals surface area contributed by atoms with Crippen molar-refractivity contribution in [2.45, 2.75) is 50.4 Å². The molecule has 0 aromatic heterocycles. The molecule has 0 unspecified atom stereocenters. The molecule has 49 heavy (non-hydrogen) atoms. The Bertz CT molecular complexity index is 1860. The number of aliphatic hydroxyl groups excluding tert-OH is 1. The minimum atomic E-state index is -0.597. The highest BCUT2D eigenvalue weighted by Gasteiger charge is 2.38. The van der Waals surface area contributed by atoms with Crippen molar-refractivity contribution in [3.8, 4) is 11.1 Å². The molecule has 6 rings (SSSR count). The van der Waals surface area contributed by atoms with Gasteiger partial charge < -0.3 is 25.2 Å². The Hall–Kier alpha value is -4.73. The molecule has 1 aliphatic heterocycles. The molecule has 0 radical (unpaired) electrons. The van der Waals surface area contributed by atoms with Gasteiger partial charge in [-0.05, 0) is 76.3 Å². The van der Waals surface area contributed by atoms with Crippen LogP contribution in [-0.4, -0.2) is 28.8 Å². The molecule has 1 fully saturated rings. The van der Waals surface area contributed by atoms with Crippen LogP contribution in [0.15, 0.2) is 132 Å². The summed E-state index contributed by atoms with van der Waals surface area (Å²) in [5, 5.41) is 15.4. The van der Waals surface area contributed by atoms with Crippen LogP contribution in [0.1, 0.15) is 58.9 Å². The molecule has 0 saturated carbocycles. The lowest BCUT2D eigenvalue weighted by Gasteiger charge is -2.41. The van der Waals surface area contributed by atoms with Crippen molar-refractivity contribution in [1.29, 1.82) is 0 Å². The van der Waals surface area contributed by atoms with Crippen LogP contribution in [-0.2, 0) is 27.4 Å². The molecule has 0 spiro atoms. The van der Waals surface area contributed by atoms with E-state index in [1.165, 1.54) is 6.92 Å². The number of ether oxygens (including phenoxy) is 2. The maximum atomic E-state index is 12.6. The second kappa shape index (κ2) is 16.1. The summed E-state index contributed by atoms with van der Waals surface area (Å²) >= 11 is 1.71. The highest BCUT2D eigenvalue weighted by Crippen LogP contribution is 2.43. The van der Waals surface area contributed by atoms with E-state index in [2.05, 4.69) is 41.8 Å². The summed E-state index contributed by atoms with van der Waals surface area (Å²) in [6, 6.07) is 41.4. The fraction of sp³-hybridized carbons (Fsp3) is 0.220. The van der Waals surface area contributed by atoms with E-state index < -0.39 is 6.29 Å². The van der Waals surface area contributed by atoms with Crippen molar-refractivity contribution in [2.24, 2.45) is 5.92 Å². The Labute approximate surface area is 291 Å². The van der Waals surface area contributed by atoms with Gasteiger partial charge in [0.2, 0.25) is 5.91 Å². The maximum Gasteiger partial charge on any atom is 0.251 e. The molecular formula is C41H40N2O5S. The topological polar surface area (TPSA) is 96.9 Å². The Balaban J connectivity index is 1.21. The Morgan fingerprint density at radius 2 is 1.47 bits per heavy atom. The molecule has 2 amide bonds. The van der Waals surface area contributed by atoms with E-state index >= 15 is 0 Å². The zero-order valence-corrected chi connectivity index (χ0v) is 28.4. The number of hydrogen-bond donors (Lipinski definition) is 3.